The highest BCUT2D eigenvalue weighted by Crippen LogP contribution is 2.03. The first kappa shape index (κ1) is 7.01. The summed E-state index contributed by atoms with van der Waals surface area (Å²) in [6.45, 7) is 8.29. The second-order valence-corrected chi connectivity index (χ2v) is 1.87. The predicted molar refractivity (Wildman–Crippen MR) is 29.8 cm³/mol. The summed E-state index contributed by atoms with van der Waals surface area (Å²) in [5.74, 6) is 0. The molecule has 0 aliphatic carbocycles. The molecule has 0 rings (SSSR count). The molecule has 3 nitrogen and oxygen atoms in total. The van der Waals surface area contributed by atoms with Gasteiger partial charge in [-0.1, -0.05) is 0 Å². The highest BCUT2D eigenvalue weighted by atomic mass is 16.6. The van der Waals surface area contributed by atoms with E-state index < -0.39 is 11.7 Å². The minimum Gasteiger partial charge on any atom is -0.364 e. The van der Waals surface area contributed by atoms with Crippen molar-refractivity contribution in [2.75, 3.05) is 0 Å². The summed E-state index contributed by atoms with van der Waals surface area (Å²) in [4.78, 5) is 9.93. The predicted octanol–water partition coefficient (Wildman–Crippen LogP) is 0.509. The first-order chi connectivity index (χ1) is 3.42. The van der Waals surface area contributed by atoms with Crippen molar-refractivity contribution in [3.05, 3.63) is 13.8 Å². The molecule has 0 saturated heterocycles. The van der Waals surface area contributed by atoms with E-state index in [-0.39, 0.29) is 0 Å². The van der Waals surface area contributed by atoms with E-state index in [2.05, 4.69) is 24.3 Å². The third-order valence-electron chi connectivity index (χ3n) is 0.347. The molecular formula is C5H9NO2+2. The van der Waals surface area contributed by atoms with Gasteiger partial charge in [0.25, 0.3) is 0 Å². The quantitative estimate of drug-likeness (QED) is 0.506. The van der Waals surface area contributed by atoms with Crippen molar-refractivity contribution in [3.63, 3.8) is 0 Å². The molecule has 0 bridgehead atoms. The average Bonchev–Trinajstić information content (AvgIpc) is 1.21. The molecule has 3 heteroatoms. The van der Waals surface area contributed by atoms with Crippen molar-refractivity contribution in [2.24, 2.45) is 5.73 Å². The maximum Gasteiger partial charge on any atom is 0.411 e. The van der Waals surface area contributed by atoms with Gasteiger partial charge in [0.2, 0.25) is 0 Å². The van der Waals surface area contributed by atoms with Crippen molar-refractivity contribution in [2.45, 2.75) is 12.5 Å². The zero-order valence-electron chi connectivity index (χ0n) is 4.81. The van der Waals surface area contributed by atoms with Gasteiger partial charge in [-0.05, 0) is 0 Å². The molecule has 0 atom stereocenters. The van der Waals surface area contributed by atoms with Crippen molar-refractivity contribution in [1.82, 2.24) is 0 Å². The van der Waals surface area contributed by atoms with Gasteiger partial charge in [-0.3, -0.25) is 0 Å². The lowest BCUT2D eigenvalue weighted by Gasteiger charge is -2.02. The standard InChI is InChI=1S/C5H8NO2/c1-5(2,3)8-4(6)7/h1-2H2,3H3,(H-,6,7)/q+1/p+1. The summed E-state index contributed by atoms with van der Waals surface area (Å²) < 4.78 is 4.35. The van der Waals surface area contributed by atoms with E-state index in [1.807, 2.05) is 0 Å². The van der Waals surface area contributed by atoms with Crippen LogP contribution in [0.1, 0.15) is 6.92 Å². The Bertz CT molecular complexity index is 93.1. The van der Waals surface area contributed by atoms with Crippen LogP contribution in [-0.2, 0) is 4.74 Å². The minimum atomic E-state index is -0.953. The van der Waals surface area contributed by atoms with Crippen LogP contribution in [0.15, 0.2) is 0 Å². The molecule has 8 heavy (non-hydrogen) atoms. The van der Waals surface area contributed by atoms with Gasteiger partial charge in [0.1, 0.15) is 0 Å². The zero-order chi connectivity index (χ0) is 6.78. The van der Waals surface area contributed by atoms with Crippen LogP contribution in [0.2, 0.25) is 0 Å². The second kappa shape index (κ2) is 1.86. The SMILES string of the molecule is [CH2+]C([CH2+])(C)OC(N)=O. The Hall–Kier alpha value is -0.990. The Labute approximate surface area is 48.8 Å². The van der Waals surface area contributed by atoms with Gasteiger partial charge in [-0.2, -0.15) is 0 Å². The summed E-state index contributed by atoms with van der Waals surface area (Å²) in [5.41, 5.74) is 3.68. The molecule has 0 aromatic carbocycles. The molecule has 0 radical (unpaired) electrons. The van der Waals surface area contributed by atoms with Gasteiger partial charge < -0.3 is 10.5 Å². The number of amides is 1. The van der Waals surface area contributed by atoms with E-state index in [0.717, 1.165) is 0 Å². The molecule has 1 amide bonds. The first-order valence-corrected chi connectivity index (χ1v) is 2.11. The lowest BCUT2D eigenvalue weighted by atomic mass is 10.2. The molecule has 0 fully saturated rings. The van der Waals surface area contributed by atoms with Gasteiger partial charge in [0.15, 0.2) is 13.8 Å². The Morgan fingerprint density at radius 2 is 2.12 bits per heavy atom. The van der Waals surface area contributed by atoms with Crippen LogP contribution in [-0.4, -0.2) is 11.7 Å². The van der Waals surface area contributed by atoms with Crippen molar-refractivity contribution >= 4 is 6.09 Å². The van der Waals surface area contributed by atoms with Gasteiger partial charge >= 0.3 is 11.7 Å². The molecule has 0 aliphatic rings. The summed E-state index contributed by atoms with van der Waals surface area (Å²) in [6.07, 6.45) is -0.850. The molecular weight excluding hydrogens is 106 g/mol. The third-order valence-corrected chi connectivity index (χ3v) is 0.347. The summed E-state index contributed by atoms with van der Waals surface area (Å²) in [5, 5.41) is 0. The van der Waals surface area contributed by atoms with Crippen molar-refractivity contribution in [3.8, 4) is 0 Å². The maximum absolute atomic E-state index is 9.93. The molecule has 0 saturated carbocycles. The smallest absolute Gasteiger partial charge is 0.364 e. The molecule has 0 heterocycles. The van der Waals surface area contributed by atoms with Gasteiger partial charge in [-0.25, -0.2) is 4.79 Å². The Morgan fingerprint density at radius 3 is 2.12 bits per heavy atom. The van der Waals surface area contributed by atoms with Gasteiger partial charge in [0, 0.05) is 0 Å². The van der Waals surface area contributed by atoms with Crippen LogP contribution >= 0.6 is 0 Å². The number of nitrogens with two attached hydrogens (primary N) is 1. The summed E-state index contributed by atoms with van der Waals surface area (Å²) in [7, 11) is 0. The average molecular weight is 115 g/mol. The minimum absolute atomic E-state index is 0.850. The van der Waals surface area contributed by atoms with E-state index in [1.165, 1.54) is 6.92 Å². The van der Waals surface area contributed by atoms with Crippen molar-refractivity contribution in [1.29, 1.82) is 0 Å². The number of hydrogen-bond acceptors (Lipinski definition) is 2. The monoisotopic (exact) mass is 115 g/mol. The lowest BCUT2D eigenvalue weighted by Crippen LogP contribution is -2.28. The number of carbonyl (C=O) groups excluding carboxylic acids is 1. The second-order valence-electron chi connectivity index (χ2n) is 1.87. The van der Waals surface area contributed by atoms with Crippen LogP contribution in [0.5, 0.6) is 0 Å². The summed E-state index contributed by atoms with van der Waals surface area (Å²) >= 11 is 0. The third kappa shape index (κ3) is 5.01. The number of ether oxygens (including phenoxy) is 1. The van der Waals surface area contributed by atoms with E-state index in [0.29, 0.717) is 0 Å². The van der Waals surface area contributed by atoms with E-state index in [4.69, 9.17) is 0 Å². The zero-order valence-corrected chi connectivity index (χ0v) is 4.81. The summed E-state index contributed by atoms with van der Waals surface area (Å²) in [6, 6.07) is 0. The molecule has 2 N–H and O–H groups in total. The number of primary amides is 1. The van der Waals surface area contributed by atoms with Crippen LogP contribution in [0, 0.1) is 13.8 Å². The van der Waals surface area contributed by atoms with Crippen LogP contribution in [0.25, 0.3) is 0 Å². The van der Waals surface area contributed by atoms with Crippen LogP contribution in [0.4, 0.5) is 4.79 Å². The molecule has 0 spiro atoms. The Morgan fingerprint density at radius 1 is 1.75 bits per heavy atom. The van der Waals surface area contributed by atoms with Crippen LogP contribution in [0.3, 0.4) is 0 Å². The van der Waals surface area contributed by atoms with Crippen LogP contribution < -0.4 is 5.73 Å². The topological polar surface area (TPSA) is 52.3 Å². The number of hydrogen-bond donors (Lipinski definition) is 1. The molecule has 0 unspecified atom stereocenters. The maximum atomic E-state index is 9.93. The van der Waals surface area contributed by atoms with Gasteiger partial charge in [0.05, 0.1) is 6.92 Å². The van der Waals surface area contributed by atoms with E-state index in [9.17, 15) is 4.79 Å². The fourth-order valence-corrected chi connectivity index (χ4v) is 0.243. The fourth-order valence-electron chi connectivity index (χ4n) is 0.243. The lowest BCUT2D eigenvalue weighted by molar-refractivity contribution is 0.0948. The van der Waals surface area contributed by atoms with Crippen molar-refractivity contribution < 1.29 is 9.53 Å². The Balaban J connectivity index is 3.55. The molecule has 0 aromatic heterocycles. The van der Waals surface area contributed by atoms with Gasteiger partial charge in [-0.15, -0.1) is 0 Å². The number of carbonyl (C=O) groups is 1. The number of rotatable bonds is 1. The Kier molecular flexibility index (Phi) is 1.63. The highest BCUT2D eigenvalue weighted by Gasteiger charge is 2.29. The normalized spacial score (nSPS) is 10.6. The molecule has 0 aliphatic heterocycles. The fraction of sp³-hybridized carbons (Fsp3) is 0.400. The molecule has 44 valence electrons. The van der Waals surface area contributed by atoms with E-state index >= 15 is 0 Å². The largest absolute Gasteiger partial charge is 0.411 e. The first-order valence-electron chi connectivity index (χ1n) is 2.11. The van der Waals surface area contributed by atoms with E-state index in [1.54, 1.807) is 0 Å². The molecule has 0 aromatic rings. The highest BCUT2D eigenvalue weighted by molar-refractivity contribution is 5.65.